The van der Waals surface area contributed by atoms with Crippen LogP contribution in [0.15, 0.2) is 30.6 Å². The Morgan fingerprint density at radius 2 is 2.00 bits per heavy atom. The summed E-state index contributed by atoms with van der Waals surface area (Å²) in [5.41, 5.74) is 1.52. The summed E-state index contributed by atoms with van der Waals surface area (Å²) in [5.74, 6) is 2.10. The molecule has 4 rings (SSSR count). The van der Waals surface area contributed by atoms with Crippen molar-refractivity contribution in [2.45, 2.75) is 38.0 Å². The molecule has 1 aromatic carbocycles. The molecule has 3 heterocycles. The molecule has 200 valence electrons. The molecular formula is C24H32N6O6S. The Kier molecular flexibility index (Phi) is 8.56. The number of anilines is 1. The highest BCUT2D eigenvalue weighted by Gasteiger charge is 2.33. The Morgan fingerprint density at radius 1 is 1.22 bits per heavy atom. The standard InChI is InChI=1S/C24H32N6O6S/c1-5-8-35-15-19(10-22-25-11-16(2)12-26-22)37(31,32)29-24-28-27-23-20-9-18(34-4)6-7-21(20)36-14-17(13-33-3)30(23)24/h6-7,9,11-12,17,19H,5,8,10,13-15H2,1-4H3,(H,28,29)/t17-,19-/m0/s1. The monoisotopic (exact) mass is 532 g/mol. The lowest BCUT2D eigenvalue weighted by molar-refractivity contribution is 0.126. The molecule has 1 aliphatic rings. The summed E-state index contributed by atoms with van der Waals surface area (Å²) >= 11 is 0. The number of ether oxygens (including phenoxy) is 4. The highest BCUT2D eigenvalue weighted by Crippen LogP contribution is 2.38. The Labute approximate surface area is 216 Å². The molecule has 0 bridgehead atoms. The summed E-state index contributed by atoms with van der Waals surface area (Å²) in [4.78, 5) is 8.56. The zero-order valence-electron chi connectivity index (χ0n) is 21.4. The van der Waals surface area contributed by atoms with Crippen molar-refractivity contribution in [3.8, 4) is 22.9 Å². The van der Waals surface area contributed by atoms with Crippen molar-refractivity contribution in [2.24, 2.45) is 0 Å². The summed E-state index contributed by atoms with van der Waals surface area (Å²) in [7, 11) is -0.860. The number of aryl methyl sites for hydroxylation is 1. The van der Waals surface area contributed by atoms with Crippen molar-refractivity contribution < 1.29 is 27.4 Å². The molecule has 0 unspecified atom stereocenters. The van der Waals surface area contributed by atoms with Gasteiger partial charge in [-0.2, -0.15) is 0 Å². The summed E-state index contributed by atoms with van der Waals surface area (Å²) in [6.45, 7) is 4.73. The topological polar surface area (TPSA) is 140 Å². The van der Waals surface area contributed by atoms with Crippen LogP contribution < -0.4 is 14.2 Å². The zero-order valence-corrected chi connectivity index (χ0v) is 22.2. The van der Waals surface area contributed by atoms with Gasteiger partial charge in [-0.25, -0.2) is 18.4 Å². The van der Waals surface area contributed by atoms with Crippen LogP contribution in [0.4, 0.5) is 5.95 Å². The Bertz CT molecular complexity index is 1300. The van der Waals surface area contributed by atoms with Crippen LogP contribution in [0, 0.1) is 6.92 Å². The molecule has 0 saturated carbocycles. The molecule has 2 aromatic heterocycles. The third-order valence-electron chi connectivity index (χ3n) is 5.85. The first-order valence-corrected chi connectivity index (χ1v) is 13.5. The number of methoxy groups -OCH3 is 2. The van der Waals surface area contributed by atoms with Crippen molar-refractivity contribution >= 4 is 16.0 Å². The van der Waals surface area contributed by atoms with E-state index in [1.165, 1.54) is 0 Å². The van der Waals surface area contributed by atoms with Gasteiger partial charge in [-0.3, -0.25) is 9.29 Å². The van der Waals surface area contributed by atoms with E-state index in [-0.39, 0.29) is 38.2 Å². The molecule has 2 atom stereocenters. The number of nitrogens with zero attached hydrogens (tertiary/aromatic N) is 5. The van der Waals surface area contributed by atoms with E-state index in [4.69, 9.17) is 18.9 Å². The minimum atomic E-state index is -3.99. The molecule has 37 heavy (non-hydrogen) atoms. The Balaban J connectivity index is 1.69. The predicted octanol–water partition coefficient (Wildman–Crippen LogP) is 2.41. The summed E-state index contributed by atoms with van der Waals surface area (Å²) in [6, 6.07) is 4.96. The fourth-order valence-electron chi connectivity index (χ4n) is 3.96. The second kappa shape index (κ2) is 11.8. The summed E-state index contributed by atoms with van der Waals surface area (Å²) in [5, 5.41) is 7.57. The van der Waals surface area contributed by atoms with Gasteiger partial charge in [-0.05, 0) is 37.1 Å². The first kappa shape index (κ1) is 26.8. The second-order valence-corrected chi connectivity index (χ2v) is 10.7. The number of rotatable bonds is 12. The predicted molar refractivity (Wildman–Crippen MR) is 136 cm³/mol. The number of nitrogens with one attached hydrogen (secondary N) is 1. The van der Waals surface area contributed by atoms with Crippen LogP contribution in [-0.4, -0.2) is 79.0 Å². The van der Waals surface area contributed by atoms with Gasteiger partial charge in [0.25, 0.3) is 0 Å². The Hall–Kier alpha value is -3.29. The van der Waals surface area contributed by atoms with Crippen molar-refractivity contribution in [3.63, 3.8) is 0 Å². The van der Waals surface area contributed by atoms with Crippen LogP contribution >= 0.6 is 0 Å². The number of benzene rings is 1. The van der Waals surface area contributed by atoms with Crippen LogP contribution in [0.1, 0.15) is 30.8 Å². The lowest BCUT2D eigenvalue weighted by Crippen LogP contribution is -2.36. The van der Waals surface area contributed by atoms with E-state index in [0.29, 0.717) is 35.3 Å². The third-order valence-corrected chi connectivity index (χ3v) is 7.50. The van der Waals surface area contributed by atoms with Crippen molar-refractivity contribution in [3.05, 3.63) is 42.0 Å². The van der Waals surface area contributed by atoms with E-state index in [0.717, 1.165) is 12.0 Å². The maximum Gasteiger partial charge on any atom is 0.240 e. The minimum absolute atomic E-state index is 0.0218. The van der Waals surface area contributed by atoms with Gasteiger partial charge in [0.15, 0.2) is 5.82 Å². The SMILES string of the molecule is CCCOC[C@H](Cc1ncc(C)cn1)S(=O)(=O)Nc1nnc2n1[C@@H](COC)COc1ccc(OC)cc1-2. The zero-order chi connectivity index (χ0) is 26.4. The maximum absolute atomic E-state index is 13.6. The van der Waals surface area contributed by atoms with Crippen LogP contribution in [-0.2, 0) is 25.9 Å². The molecule has 0 saturated heterocycles. The first-order valence-electron chi connectivity index (χ1n) is 12.0. The molecule has 12 nitrogen and oxygen atoms in total. The fraction of sp³-hybridized carbons (Fsp3) is 0.500. The van der Waals surface area contributed by atoms with Crippen molar-refractivity contribution in [2.75, 3.05) is 45.4 Å². The summed E-state index contributed by atoms with van der Waals surface area (Å²) < 4.78 is 54.0. The van der Waals surface area contributed by atoms with Crippen LogP contribution in [0.3, 0.4) is 0 Å². The Morgan fingerprint density at radius 3 is 2.70 bits per heavy atom. The molecule has 0 amide bonds. The van der Waals surface area contributed by atoms with Gasteiger partial charge in [0, 0.05) is 32.5 Å². The maximum atomic E-state index is 13.6. The van der Waals surface area contributed by atoms with Gasteiger partial charge < -0.3 is 18.9 Å². The van der Waals surface area contributed by atoms with E-state index in [2.05, 4.69) is 24.9 Å². The largest absolute Gasteiger partial charge is 0.497 e. The lowest BCUT2D eigenvalue weighted by Gasteiger charge is -2.21. The van der Waals surface area contributed by atoms with E-state index in [9.17, 15) is 8.42 Å². The third kappa shape index (κ3) is 6.17. The van der Waals surface area contributed by atoms with E-state index in [1.807, 2.05) is 13.8 Å². The number of hydrogen-bond donors (Lipinski definition) is 1. The quantitative estimate of drug-likeness (QED) is 0.346. The van der Waals surface area contributed by atoms with Crippen LogP contribution in [0.5, 0.6) is 11.5 Å². The molecule has 3 aromatic rings. The highest BCUT2D eigenvalue weighted by molar-refractivity contribution is 7.93. The smallest absolute Gasteiger partial charge is 0.240 e. The van der Waals surface area contributed by atoms with Crippen molar-refractivity contribution in [1.82, 2.24) is 24.7 Å². The van der Waals surface area contributed by atoms with Gasteiger partial charge in [-0.1, -0.05) is 6.92 Å². The first-order chi connectivity index (χ1) is 17.9. The van der Waals surface area contributed by atoms with Crippen LogP contribution in [0.25, 0.3) is 11.4 Å². The fourth-order valence-corrected chi connectivity index (χ4v) is 5.16. The second-order valence-electron chi connectivity index (χ2n) is 8.72. The van der Waals surface area contributed by atoms with E-state index in [1.54, 1.807) is 49.4 Å². The van der Waals surface area contributed by atoms with Gasteiger partial charge in [-0.15, -0.1) is 10.2 Å². The molecule has 0 aliphatic carbocycles. The van der Waals surface area contributed by atoms with E-state index >= 15 is 0 Å². The molecule has 0 fully saturated rings. The van der Waals surface area contributed by atoms with Gasteiger partial charge in [0.05, 0.1) is 31.9 Å². The number of hydrogen-bond acceptors (Lipinski definition) is 10. The minimum Gasteiger partial charge on any atom is -0.497 e. The van der Waals surface area contributed by atoms with E-state index < -0.39 is 15.3 Å². The summed E-state index contributed by atoms with van der Waals surface area (Å²) in [6.07, 6.45) is 4.16. The average Bonchev–Trinajstić information content (AvgIpc) is 3.22. The molecule has 0 radical (unpaired) electrons. The highest BCUT2D eigenvalue weighted by atomic mass is 32.2. The normalized spacial score (nSPS) is 15.7. The van der Waals surface area contributed by atoms with Crippen LogP contribution in [0.2, 0.25) is 0 Å². The van der Waals surface area contributed by atoms with Gasteiger partial charge in [0.2, 0.25) is 16.0 Å². The molecular weight excluding hydrogens is 500 g/mol. The van der Waals surface area contributed by atoms with Crippen molar-refractivity contribution in [1.29, 1.82) is 0 Å². The molecule has 13 heteroatoms. The van der Waals surface area contributed by atoms with Gasteiger partial charge in [0.1, 0.15) is 29.2 Å². The number of aromatic nitrogens is 5. The van der Waals surface area contributed by atoms with Gasteiger partial charge >= 0.3 is 0 Å². The lowest BCUT2D eigenvalue weighted by atomic mass is 10.1. The molecule has 0 spiro atoms. The molecule has 1 aliphatic heterocycles. The number of sulfonamides is 1. The average molecular weight is 533 g/mol. The molecule has 1 N–H and O–H groups in total. The number of fused-ring (bicyclic) bond motifs is 3.